The second kappa shape index (κ2) is 4.79. The Morgan fingerprint density at radius 3 is 2.20 bits per heavy atom. The topological polar surface area (TPSA) is 46.5 Å². The van der Waals surface area contributed by atoms with Gasteiger partial charge in [-0.05, 0) is 31.6 Å². The molecule has 0 radical (unpaired) electrons. The normalized spacial score (nSPS) is 36.0. The van der Waals surface area contributed by atoms with E-state index in [2.05, 4.69) is 6.58 Å². The summed E-state index contributed by atoms with van der Waals surface area (Å²) in [4.78, 5) is 11.3. The Kier molecular flexibility index (Phi) is 3.91. The minimum atomic E-state index is -0.323. The van der Waals surface area contributed by atoms with Crippen molar-refractivity contribution in [3.63, 3.8) is 0 Å². The van der Waals surface area contributed by atoms with Crippen LogP contribution in [0.25, 0.3) is 0 Å². The van der Waals surface area contributed by atoms with Crippen LogP contribution in [0.2, 0.25) is 0 Å². The molecule has 86 valence electrons. The first-order valence-corrected chi connectivity index (χ1v) is 5.46. The van der Waals surface area contributed by atoms with Gasteiger partial charge in [0.2, 0.25) is 0 Å². The first-order chi connectivity index (χ1) is 6.91. The zero-order chi connectivity index (χ0) is 11.6. The quantitative estimate of drug-likeness (QED) is 0.561. The van der Waals surface area contributed by atoms with Gasteiger partial charge in [-0.3, -0.25) is 0 Å². The molecule has 0 bridgehead atoms. The van der Waals surface area contributed by atoms with Gasteiger partial charge in [0.15, 0.2) is 0 Å². The second-order valence-electron chi connectivity index (χ2n) is 4.72. The number of rotatable bonds is 2. The predicted molar refractivity (Wildman–Crippen MR) is 58.3 cm³/mol. The third kappa shape index (κ3) is 3.06. The second-order valence-corrected chi connectivity index (χ2v) is 4.72. The average Bonchev–Trinajstić information content (AvgIpc) is 2.13. The van der Waals surface area contributed by atoms with Gasteiger partial charge < -0.3 is 9.84 Å². The molecule has 0 amide bonds. The first kappa shape index (κ1) is 12.2. The Balaban J connectivity index is 2.51. The van der Waals surface area contributed by atoms with E-state index in [-0.39, 0.29) is 30.0 Å². The van der Waals surface area contributed by atoms with Crippen molar-refractivity contribution in [2.75, 3.05) is 0 Å². The van der Waals surface area contributed by atoms with Crippen molar-refractivity contribution < 1.29 is 14.6 Å². The number of ether oxygens (including phenoxy) is 1. The van der Waals surface area contributed by atoms with Crippen molar-refractivity contribution >= 4 is 5.97 Å². The van der Waals surface area contributed by atoms with Crippen molar-refractivity contribution in [1.82, 2.24) is 0 Å². The summed E-state index contributed by atoms with van der Waals surface area (Å²) in [5.41, 5.74) is 0.432. The fourth-order valence-corrected chi connectivity index (χ4v) is 2.11. The minimum absolute atomic E-state index is 0.0670. The number of hydrogen-bond donors (Lipinski definition) is 1. The lowest BCUT2D eigenvalue weighted by atomic mass is 9.79. The largest absolute Gasteiger partial charge is 0.459 e. The number of carbonyl (C=O) groups is 1. The fraction of sp³-hybridized carbons (Fsp3) is 0.750. The van der Waals surface area contributed by atoms with Crippen molar-refractivity contribution in [1.29, 1.82) is 0 Å². The van der Waals surface area contributed by atoms with Gasteiger partial charge in [0.1, 0.15) is 6.10 Å². The molecule has 3 nitrogen and oxygen atoms in total. The van der Waals surface area contributed by atoms with Crippen LogP contribution in [0.4, 0.5) is 0 Å². The zero-order valence-electron chi connectivity index (χ0n) is 9.69. The van der Waals surface area contributed by atoms with Crippen LogP contribution in [0.15, 0.2) is 12.2 Å². The SMILES string of the molecule is C=C(C)C(=O)OC1CC(C)C(O)C(C)C1. The maximum absolute atomic E-state index is 11.3. The fourth-order valence-electron chi connectivity index (χ4n) is 2.11. The molecule has 15 heavy (non-hydrogen) atoms. The molecule has 0 spiro atoms. The number of aliphatic hydroxyl groups is 1. The van der Waals surface area contributed by atoms with E-state index in [1.54, 1.807) is 6.92 Å². The average molecular weight is 212 g/mol. The molecule has 1 saturated carbocycles. The van der Waals surface area contributed by atoms with Crippen molar-refractivity contribution in [2.24, 2.45) is 11.8 Å². The van der Waals surface area contributed by atoms with E-state index in [1.807, 2.05) is 13.8 Å². The number of esters is 1. The van der Waals surface area contributed by atoms with Crippen LogP contribution in [0.3, 0.4) is 0 Å². The Morgan fingerprint density at radius 1 is 1.33 bits per heavy atom. The monoisotopic (exact) mass is 212 g/mol. The molecule has 0 aromatic heterocycles. The highest BCUT2D eigenvalue weighted by molar-refractivity contribution is 5.87. The molecule has 1 rings (SSSR count). The number of hydrogen-bond acceptors (Lipinski definition) is 3. The summed E-state index contributed by atoms with van der Waals surface area (Å²) in [7, 11) is 0. The van der Waals surface area contributed by atoms with Crippen LogP contribution < -0.4 is 0 Å². The summed E-state index contributed by atoms with van der Waals surface area (Å²) < 4.78 is 5.29. The van der Waals surface area contributed by atoms with Gasteiger partial charge in [-0.25, -0.2) is 4.79 Å². The molecular weight excluding hydrogens is 192 g/mol. The van der Waals surface area contributed by atoms with Crippen LogP contribution in [0.5, 0.6) is 0 Å². The molecule has 3 heteroatoms. The van der Waals surface area contributed by atoms with E-state index in [4.69, 9.17) is 4.74 Å². The lowest BCUT2D eigenvalue weighted by Gasteiger charge is -2.35. The summed E-state index contributed by atoms with van der Waals surface area (Å²) >= 11 is 0. The maximum Gasteiger partial charge on any atom is 0.333 e. The van der Waals surface area contributed by atoms with Crippen LogP contribution in [0.1, 0.15) is 33.6 Å². The van der Waals surface area contributed by atoms with Crippen LogP contribution in [-0.4, -0.2) is 23.3 Å². The van der Waals surface area contributed by atoms with E-state index in [0.717, 1.165) is 12.8 Å². The summed E-state index contributed by atoms with van der Waals surface area (Å²) in [6.07, 6.45) is 1.14. The third-order valence-electron chi connectivity index (χ3n) is 3.06. The van der Waals surface area contributed by atoms with Gasteiger partial charge in [-0.1, -0.05) is 20.4 Å². The van der Waals surface area contributed by atoms with Gasteiger partial charge in [0.25, 0.3) is 0 Å². The molecule has 1 fully saturated rings. The van der Waals surface area contributed by atoms with Gasteiger partial charge in [0.05, 0.1) is 6.10 Å². The molecule has 0 aromatic rings. The molecule has 1 aliphatic rings. The van der Waals surface area contributed by atoms with Crippen molar-refractivity contribution in [3.8, 4) is 0 Å². The molecule has 2 unspecified atom stereocenters. The molecule has 0 aliphatic heterocycles. The lowest BCUT2D eigenvalue weighted by molar-refractivity contribution is -0.149. The number of carbonyl (C=O) groups excluding carboxylic acids is 1. The molecule has 0 heterocycles. The Bertz CT molecular complexity index is 248. The summed E-state index contributed by atoms with van der Waals surface area (Å²) in [5.74, 6) is 0.0594. The summed E-state index contributed by atoms with van der Waals surface area (Å²) in [5, 5.41) is 9.75. The third-order valence-corrected chi connectivity index (χ3v) is 3.06. The van der Waals surface area contributed by atoms with E-state index in [9.17, 15) is 9.90 Å². The van der Waals surface area contributed by atoms with Crippen LogP contribution >= 0.6 is 0 Å². The highest BCUT2D eigenvalue weighted by Crippen LogP contribution is 2.31. The standard InChI is InChI=1S/C12H20O3/c1-7(2)12(14)15-10-5-8(3)11(13)9(4)6-10/h8-11,13H,1,5-6H2,2-4H3. The Morgan fingerprint density at radius 2 is 1.80 bits per heavy atom. The van der Waals surface area contributed by atoms with E-state index >= 15 is 0 Å². The van der Waals surface area contributed by atoms with E-state index in [0.29, 0.717) is 5.57 Å². The Labute approximate surface area is 91.1 Å². The minimum Gasteiger partial charge on any atom is -0.459 e. The highest BCUT2D eigenvalue weighted by Gasteiger charge is 2.33. The maximum atomic E-state index is 11.3. The summed E-state index contributed by atoms with van der Waals surface area (Å²) in [6, 6.07) is 0. The predicted octanol–water partition coefficient (Wildman–Crippen LogP) is 1.90. The van der Waals surface area contributed by atoms with Crippen LogP contribution in [0, 0.1) is 11.8 Å². The Hall–Kier alpha value is -0.830. The molecule has 0 saturated heterocycles. The first-order valence-electron chi connectivity index (χ1n) is 5.46. The van der Waals surface area contributed by atoms with Gasteiger partial charge in [0, 0.05) is 5.57 Å². The van der Waals surface area contributed by atoms with Gasteiger partial charge in [-0.15, -0.1) is 0 Å². The molecule has 1 N–H and O–H groups in total. The lowest BCUT2D eigenvalue weighted by Crippen LogP contribution is -2.38. The molecule has 2 atom stereocenters. The number of aliphatic hydroxyl groups excluding tert-OH is 1. The molecule has 0 aromatic carbocycles. The molecule has 1 aliphatic carbocycles. The van der Waals surface area contributed by atoms with Crippen molar-refractivity contribution in [2.45, 2.75) is 45.8 Å². The zero-order valence-corrected chi connectivity index (χ0v) is 9.69. The highest BCUT2D eigenvalue weighted by atomic mass is 16.5. The van der Waals surface area contributed by atoms with Gasteiger partial charge in [-0.2, -0.15) is 0 Å². The van der Waals surface area contributed by atoms with E-state index < -0.39 is 0 Å². The van der Waals surface area contributed by atoms with Gasteiger partial charge >= 0.3 is 5.97 Å². The smallest absolute Gasteiger partial charge is 0.333 e. The molecular formula is C12H20O3. The van der Waals surface area contributed by atoms with Crippen molar-refractivity contribution in [3.05, 3.63) is 12.2 Å². The van der Waals surface area contributed by atoms with E-state index in [1.165, 1.54) is 0 Å². The summed E-state index contributed by atoms with van der Waals surface area (Å²) in [6.45, 7) is 9.17. The van der Waals surface area contributed by atoms with Crippen LogP contribution in [-0.2, 0) is 9.53 Å².